The number of allylic oxidation sites excluding steroid dienone is 3. The first-order valence-electron chi connectivity index (χ1n) is 5.57. The van der Waals surface area contributed by atoms with Gasteiger partial charge in [-0.1, -0.05) is 29.7 Å². The highest BCUT2D eigenvalue weighted by atomic mass is 16.3. The Morgan fingerprint density at radius 2 is 2.33 bits per heavy atom. The monoisotopic (exact) mass is 204 g/mol. The molecule has 1 rings (SSSR count). The van der Waals surface area contributed by atoms with Crippen LogP contribution in [-0.2, 0) is 0 Å². The van der Waals surface area contributed by atoms with Gasteiger partial charge in [-0.2, -0.15) is 0 Å². The summed E-state index contributed by atoms with van der Waals surface area (Å²) < 4.78 is 0. The SMILES string of the molecule is C=C1CCC(C)=CC[C@@H]1C[C@@H](O)C#CC. The van der Waals surface area contributed by atoms with Crippen molar-refractivity contribution in [1.29, 1.82) is 0 Å². The zero-order valence-electron chi connectivity index (χ0n) is 9.71. The Morgan fingerprint density at radius 1 is 1.60 bits per heavy atom. The molecule has 0 unspecified atom stereocenters. The number of hydrogen-bond donors (Lipinski definition) is 1. The van der Waals surface area contributed by atoms with Crippen LogP contribution in [0.5, 0.6) is 0 Å². The molecule has 1 aliphatic rings. The highest BCUT2D eigenvalue weighted by Gasteiger charge is 2.17. The van der Waals surface area contributed by atoms with Crippen molar-refractivity contribution < 1.29 is 5.11 Å². The molecule has 15 heavy (non-hydrogen) atoms. The molecule has 2 atom stereocenters. The standard InChI is InChI=1S/C14H20O/c1-4-5-14(15)10-13-9-7-11(2)6-8-12(13)3/h7,13-15H,3,6,8-10H2,1-2H3/t13-,14+/m1/s1. The summed E-state index contributed by atoms with van der Waals surface area (Å²) in [6.07, 6.45) is 5.68. The third kappa shape index (κ3) is 3.93. The zero-order chi connectivity index (χ0) is 11.3. The van der Waals surface area contributed by atoms with Crippen LogP contribution in [-0.4, -0.2) is 11.2 Å². The molecule has 82 valence electrons. The fraction of sp³-hybridized carbons (Fsp3) is 0.571. The summed E-state index contributed by atoms with van der Waals surface area (Å²) >= 11 is 0. The summed E-state index contributed by atoms with van der Waals surface area (Å²) in [7, 11) is 0. The maximum absolute atomic E-state index is 9.64. The fourth-order valence-electron chi connectivity index (χ4n) is 1.93. The van der Waals surface area contributed by atoms with Gasteiger partial charge >= 0.3 is 0 Å². The fourth-order valence-corrected chi connectivity index (χ4v) is 1.93. The number of aliphatic hydroxyl groups excluding tert-OH is 1. The largest absolute Gasteiger partial charge is 0.380 e. The summed E-state index contributed by atoms with van der Waals surface area (Å²) in [4.78, 5) is 0. The van der Waals surface area contributed by atoms with Gasteiger partial charge in [0.25, 0.3) is 0 Å². The van der Waals surface area contributed by atoms with E-state index in [1.807, 2.05) is 0 Å². The van der Waals surface area contributed by atoms with Gasteiger partial charge in [0.15, 0.2) is 0 Å². The van der Waals surface area contributed by atoms with Crippen LogP contribution in [0.4, 0.5) is 0 Å². The molecule has 1 nitrogen and oxygen atoms in total. The van der Waals surface area contributed by atoms with Crippen LogP contribution in [0, 0.1) is 17.8 Å². The van der Waals surface area contributed by atoms with Crippen molar-refractivity contribution in [3.63, 3.8) is 0 Å². The van der Waals surface area contributed by atoms with Crippen molar-refractivity contribution in [2.24, 2.45) is 5.92 Å². The molecule has 0 bridgehead atoms. The van der Waals surface area contributed by atoms with Gasteiger partial charge in [0, 0.05) is 0 Å². The van der Waals surface area contributed by atoms with Crippen LogP contribution in [0.1, 0.15) is 39.5 Å². The van der Waals surface area contributed by atoms with Crippen molar-refractivity contribution in [3.8, 4) is 11.8 Å². The third-order valence-corrected chi connectivity index (χ3v) is 2.99. The molecular formula is C14H20O. The second kappa shape index (κ2) is 5.78. The van der Waals surface area contributed by atoms with E-state index in [4.69, 9.17) is 0 Å². The van der Waals surface area contributed by atoms with E-state index >= 15 is 0 Å². The molecular weight excluding hydrogens is 184 g/mol. The van der Waals surface area contributed by atoms with Gasteiger partial charge in [0.1, 0.15) is 6.10 Å². The lowest BCUT2D eigenvalue weighted by Crippen LogP contribution is -2.12. The van der Waals surface area contributed by atoms with Gasteiger partial charge in [0.2, 0.25) is 0 Å². The normalized spacial score (nSPS) is 23.5. The maximum Gasteiger partial charge on any atom is 0.115 e. The lowest BCUT2D eigenvalue weighted by atomic mass is 9.90. The first-order valence-corrected chi connectivity index (χ1v) is 5.57. The molecule has 0 aliphatic heterocycles. The van der Waals surface area contributed by atoms with E-state index < -0.39 is 6.10 Å². The first kappa shape index (κ1) is 12.1. The Bertz CT molecular complexity index is 314. The minimum atomic E-state index is -0.497. The smallest absolute Gasteiger partial charge is 0.115 e. The topological polar surface area (TPSA) is 20.2 Å². The molecule has 0 fully saturated rings. The van der Waals surface area contributed by atoms with E-state index in [-0.39, 0.29) is 0 Å². The molecule has 0 aromatic rings. The minimum Gasteiger partial charge on any atom is -0.380 e. The molecule has 1 heteroatoms. The van der Waals surface area contributed by atoms with E-state index in [1.165, 1.54) is 11.1 Å². The maximum atomic E-state index is 9.64. The van der Waals surface area contributed by atoms with Crippen LogP contribution in [0.25, 0.3) is 0 Å². The van der Waals surface area contributed by atoms with Crippen molar-refractivity contribution in [3.05, 3.63) is 23.8 Å². The van der Waals surface area contributed by atoms with Gasteiger partial charge in [-0.25, -0.2) is 0 Å². The lowest BCUT2D eigenvalue weighted by molar-refractivity contribution is 0.203. The van der Waals surface area contributed by atoms with E-state index in [0.29, 0.717) is 5.92 Å². The summed E-state index contributed by atoms with van der Waals surface area (Å²) in [6, 6.07) is 0. The Hall–Kier alpha value is -1.00. The molecule has 0 heterocycles. The molecule has 0 radical (unpaired) electrons. The van der Waals surface area contributed by atoms with Crippen molar-refractivity contribution in [1.82, 2.24) is 0 Å². The summed E-state index contributed by atoms with van der Waals surface area (Å²) in [5.74, 6) is 5.94. The predicted molar refractivity (Wildman–Crippen MR) is 64.3 cm³/mol. The number of rotatable bonds is 2. The van der Waals surface area contributed by atoms with Crippen molar-refractivity contribution >= 4 is 0 Å². The Morgan fingerprint density at radius 3 is 3.00 bits per heavy atom. The van der Waals surface area contributed by atoms with Gasteiger partial charge in [-0.05, 0) is 45.4 Å². The molecule has 0 aromatic heterocycles. The van der Waals surface area contributed by atoms with E-state index in [1.54, 1.807) is 6.92 Å². The van der Waals surface area contributed by atoms with Gasteiger partial charge in [-0.15, -0.1) is 5.92 Å². The molecule has 1 aliphatic carbocycles. The summed E-state index contributed by atoms with van der Waals surface area (Å²) in [5, 5.41) is 9.64. The van der Waals surface area contributed by atoms with E-state index in [2.05, 4.69) is 31.4 Å². The molecule has 0 saturated carbocycles. The van der Waals surface area contributed by atoms with Gasteiger partial charge in [0.05, 0.1) is 0 Å². The Kier molecular flexibility index (Phi) is 4.65. The van der Waals surface area contributed by atoms with Gasteiger partial charge < -0.3 is 5.11 Å². The van der Waals surface area contributed by atoms with E-state index in [9.17, 15) is 5.11 Å². The lowest BCUT2D eigenvalue weighted by Gasteiger charge is -2.17. The summed E-state index contributed by atoms with van der Waals surface area (Å²) in [5.41, 5.74) is 2.70. The molecule has 0 spiro atoms. The minimum absolute atomic E-state index is 0.401. The highest BCUT2D eigenvalue weighted by Crippen LogP contribution is 2.29. The quantitative estimate of drug-likeness (QED) is 0.541. The van der Waals surface area contributed by atoms with Crippen molar-refractivity contribution in [2.45, 2.75) is 45.6 Å². The van der Waals surface area contributed by atoms with Crippen LogP contribution in [0.2, 0.25) is 0 Å². The third-order valence-electron chi connectivity index (χ3n) is 2.99. The van der Waals surface area contributed by atoms with Crippen LogP contribution in [0.3, 0.4) is 0 Å². The van der Waals surface area contributed by atoms with Crippen LogP contribution >= 0.6 is 0 Å². The van der Waals surface area contributed by atoms with Crippen LogP contribution in [0.15, 0.2) is 23.8 Å². The Labute approximate surface area is 92.9 Å². The molecule has 0 saturated heterocycles. The number of hydrogen-bond acceptors (Lipinski definition) is 1. The zero-order valence-corrected chi connectivity index (χ0v) is 9.71. The average molecular weight is 204 g/mol. The second-order valence-corrected chi connectivity index (χ2v) is 4.29. The van der Waals surface area contributed by atoms with Crippen LogP contribution < -0.4 is 0 Å². The van der Waals surface area contributed by atoms with Gasteiger partial charge in [-0.3, -0.25) is 0 Å². The molecule has 0 amide bonds. The molecule has 1 N–H and O–H groups in total. The molecule has 0 aromatic carbocycles. The summed E-state index contributed by atoms with van der Waals surface area (Å²) in [6.45, 7) is 8.03. The predicted octanol–water partition coefficient (Wildman–Crippen LogP) is 3.06. The van der Waals surface area contributed by atoms with Crippen molar-refractivity contribution in [2.75, 3.05) is 0 Å². The Balaban J connectivity index is 2.58. The first-order chi connectivity index (χ1) is 7.13. The number of aliphatic hydroxyl groups is 1. The average Bonchev–Trinajstić information content (AvgIpc) is 2.33. The highest BCUT2D eigenvalue weighted by molar-refractivity contribution is 5.15. The van der Waals surface area contributed by atoms with E-state index in [0.717, 1.165) is 25.7 Å². The second-order valence-electron chi connectivity index (χ2n) is 4.29.